The van der Waals surface area contributed by atoms with Gasteiger partial charge in [-0.3, -0.25) is 0 Å². The van der Waals surface area contributed by atoms with Crippen LogP contribution in [0.15, 0.2) is 36.4 Å². The molecule has 3 aromatic rings. The van der Waals surface area contributed by atoms with Crippen LogP contribution in [0.5, 0.6) is 23.0 Å². The molecule has 0 saturated carbocycles. The van der Waals surface area contributed by atoms with Crippen LogP contribution in [0.2, 0.25) is 0 Å². The molecule has 4 rings (SSSR count). The summed E-state index contributed by atoms with van der Waals surface area (Å²) in [4.78, 5) is 2.21. The molecule has 0 aliphatic carbocycles. The molecule has 1 heterocycles. The molecular weight excluding hydrogens is 382 g/mol. The highest BCUT2D eigenvalue weighted by Crippen LogP contribution is 2.53. The quantitative estimate of drug-likeness (QED) is 0.651. The van der Waals surface area contributed by atoms with E-state index in [9.17, 15) is 5.11 Å². The minimum Gasteiger partial charge on any atom is -0.493 e. The molecule has 1 N–H and O–H groups in total. The molecule has 1 aliphatic rings. The maximum absolute atomic E-state index is 9.83. The van der Waals surface area contributed by atoms with Crippen LogP contribution >= 0.6 is 0 Å². The van der Waals surface area contributed by atoms with E-state index < -0.39 is 0 Å². The summed E-state index contributed by atoms with van der Waals surface area (Å²) in [6.07, 6.45) is 0.566. The molecule has 0 amide bonds. The molecule has 6 heteroatoms. The van der Waals surface area contributed by atoms with Crippen molar-refractivity contribution < 1.29 is 24.1 Å². The number of hydrogen-bond donors (Lipinski definition) is 1. The molecule has 0 unspecified atom stereocenters. The third-order valence-corrected chi connectivity index (χ3v) is 5.93. The molecule has 0 radical (unpaired) electrons. The molecule has 6 nitrogen and oxygen atoms in total. The standard InChI is InChI=1S/C24H27NO5/c1-25-18(10-11-26)22-15(8-9-19(27-2)24(22)30-5)16-7-6-14-12-20(28-3)21(29-4)13-17(14)23(16)25/h6-9,12-13,18,26H,10-11H2,1-5H3/t18-/m0/s1. The Labute approximate surface area is 176 Å². The van der Waals surface area contributed by atoms with E-state index in [4.69, 9.17) is 18.9 Å². The van der Waals surface area contributed by atoms with Gasteiger partial charge in [0.1, 0.15) is 0 Å². The zero-order valence-electron chi connectivity index (χ0n) is 18.0. The van der Waals surface area contributed by atoms with Crippen LogP contribution < -0.4 is 23.8 Å². The Morgan fingerprint density at radius 3 is 2.13 bits per heavy atom. The third kappa shape index (κ3) is 2.91. The van der Waals surface area contributed by atoms with E-state index in [1.54, 1.807) is 28.4 Å². The summed E-state index contributed by atoms with van der Waals surface area (Å²) >= 11 is 0. The molecule has 0 bridgehead atoms. The van der Waals surface area contributed by atoms with Gasteiger partial charge in [0.2, 0.25) is 0 Å². The molecule has 0 aromatic heterocycles. The van der Waals surface area contributed by atoms with Gasteiger partial charge in [-0.05, 0) is 41.6 Å². The summed E-state index contributed by atoms with van der Waals surface area (Å²) in [7, 11) is 8.63. The summed E-state index contributed by atoms with van der Waals surface area (Å²) in [6.45, 7) is 0.0616. The minimum absolute atomic E-state index is 0.0616. The molecule has 1 atom stereocenters. The van der Waals surface area contributed by atoms with Gasteiger partial charge >= 0.3 is 0 Å². The van der Waals surface area contributed by atoms with E-state index in [0.717, 1.165) is 33.2 Å². The highest BCUT2D eigenvalue weighted by Gasteiger charge is 2.34. The molecule has 3 aromatic carbocycles. The molecule has 0 spiro atoms. The van der Waals surface area contributed by atoms with Crippen molar-refractivity contribution in [3.05, 3.63) is 42.0 Å². The molecular formula is C24H27NO5. The monoisotopic (exact) mass is 409 g/mol. The molecule has 30 heavy (non-hydrogen) atoms. The predicted molar refractivity (Wildman–Crippen MR) is 118 cm³/mol. The van der Waals surface area contributed by atoms with Gasteiger partial charge in [0.05, 0.1) is 40.2 Å². The Morgan fingerprint density at radius 1 is 0.833 bits per heavy atom. The molecule has 0 fully saturated rings. The lowest BCUT2D eigenvalue weighted by Gasteiger charge is -2.39. The van der Waals surface area contributed by atoms with Crippen molar-refractivity contribution in [2.45, 2.75) is 12.5 Å². The first kappa shape index (κ1) is 20.2. The van der Waals surface area contributed by atoms with Crippen LogP contribution in [0.4, 0.5) is 5.69 Å². The number of fused-ring (bicyclic) bond motifs is 5. The number of rotatable bonds is 6. The Balaban J connectivity index is 2.07. The maximum atomic E-state index is 9.83. The molecule has 158 valence electrons. The first-order valence-electron chi connectivity index (χ1n) is 9.87. The molecule has 1 aliphatic heterocycles. The van der Waals surface area contributed by atoms with Gasteiger partial charge in [0, 0.05) is 30.2 Å². The highest BCUT2D eigenvalue weighted by atomic mass is 16.5. The summed E-state index contributed by atoms with van der Waals surface area (Å²) in [6, 6.07) is 12.2. The topological polar surface area (TPSA) is 60.4 Å². The van der Waals surface area contributed by atoms with Gasteiger partial charge < -0.3 is 29.0 Å². The second kappa shape index (κ2) is 7.95. The van der Waals surface area contributed by atoms with E-state index >= 15 is 0 Å². The number of nitrogens with zero attached hydrogens (tertiary/aromatic N) is 1. The average Bonchev–Trinajstić information content (AvgIpc) is 2.78. The fourth-order valence-corrected chi connectivity index (χ4v) is 4.56. The summed E-state index contributed by atoms with van der Waals surface area (Å²) in [5, 5.41) is 12.0. The Morgan fingerprint density at radius 2 is 1.50 bits per heavy atom. The van der Waals surface area contributed by atoms with E-state index in [0.29, 0.717) is 29.4 Å². The van der Waals surface area contributed by atoms with Crippen molar-refractivity contribution in [3.63, 3.8) is 0 Å². The van der Waals surface area contributed by atoms with Gasteiger partial charge in [-0.2, -0.15) is 0 Å². The average molecular weight is 409 g/mol. The Kier molecular flexibility index (Phi) is 5.35. The van der Waals surface area contributed by atoms with E-state index in [1.165, 1.54) is 0 Å². The van der Waals surface area contributed by atoms with Gasteiger partial charge in [-0.1, -0.05) is 12.1 Å². The zero-order chi connectivity index (χ0) is 21.4. The lowest BCUT2D eigenvalue weighted by molar-refractivity contribution is 0.272. The lowest BCUT2D eigenvalue weighted by Crippen LogP contribution is -2.30. The van der Waals surface area contributed by atoms with Crippen LogP contribution in [0, 0.1) is 0 Å². The van der Waals surface area contributed by atoms with Crippen molar-refractivity contribution in [1.82, 2.24) is 0 Å². The normalized spacial score (nSPS) is 14.9. The SMILES string of the molecule is COc1cc2ccc3c(c2cc1OC)N(C)[C@@H](CCO)c1c-3ccc(OC)c1OC. The van der Waals surface area contributed by atoms with Crippen molar-refractivity contribution in [2.24, 2.45) is 0 Å². The summed E-state index contributed by atoms with van der Waals surface area (Å²) in [5.41, 5.74) is 4.30. The van der Waals surface area contributed by atoms with Gasteiger partial charge in [0.25, 0.3) is 0 Å². The first-order chi connectivity index (χ1) is 14.6. The number of anilines is 1. The van der Waals surface area contributed by atoms with Crippen molar-refractivity contribution in [3.8, 4) is 34.1 Å². The van der Waals surface area contributed by atoms with E-state index in [1.807, 2.05) is 18.2 Å². The smallest absolute Gasteiger partial charge is 0.166 e. The number of methoxy groups -OCH3 is 4. The van der Waals surface area contributed by atoms with E-state index in [-0.39, 0.29) is 12.6 Å². The fourth-order valence-electron chi connectivity index (χ4n) is 4.56. The number of ether oxygens (including phenoxy) is 4. The van der Waals surface area contributed by atoms with Crippen molar-refractivity contribution in [2.75, 3.05) is 47.0 Å². The third-order valence-electron chi connectivity index (χ3n) is 5.93. The fraction of sp³-hybridized carbons (Fsp3) is 0.333. The second-order valence-electron chi connectivity index (χ2n) is 7.29. The van der Waals surface area contributed by atoms with Crippen molar-refractivity contribution in [1.29, 1.82) is 0 Å². The van der Waals surface area contributed by atoms with E-state index in [2.05, 4.69) is 30.1 Å². The Hall–Kier alpha value is -3.12. The second-order valence-corrected chi connectivity index (χ2v) is 7.29. The van der Waals surface area contributed by atoms with Crippen LogP contribution in [0.25, 0.3) is 21.9 Å². The largest absolute Gasteiger partial charge is 0.493 e. The number of aliphatic hydroxyl groups is 1. The zero-order valence-corrected chi connectivity index (χ0v) is 18.0. The summed E-state index contributed by atoms with van der Waals surface area (Å²) in [5.74, 6) is 2.77. The number of hydrogen-bond acceptors (Lipinski definition) is 6. The maximum Gasteiger partial charge on any atom is 0.166 e. The van der Waals surface area contributed by atoms with Gasteiger partial charge in [0.15, 0.2) is 23.0 Å². The Bertz CT molecular complexity index is 1090. The minimum atomic E-state index is -0.0683. The summed E-state index contributed by atoms with van der Waals surface area (Å²) < 4.78 is 22.3. The number of benzene rings is 3. The highest BCUT2D eigenvalue weighted by molar-refractivity contribution is 6.05. The first-order valence-corrected chi connectivity index (χ1v) is 9.87. The van der Waals surface area contributed by atoms with Crippen LogP contribution in [0.1, 0.15) is 18.0 Å². The predicted octanol–water partition coefficient (Wildman–Crippen LogP) is 4.41. The van der Waals surface area contributed by atoms with Crippen LogP contribution in [0.3, 0.4) is 0 Å². The van der Waals surface area contributed by atoms with Crippen LogP contribution in [-0.2, 0) is 0 Å². The molecule has 0 saturated heterocycles. The lowest BCUT2D eigenvalue weighted by atomic mass is 9.84. The van der Waals surface area contributed by atoms with Crippen molar-refractivity contribution >= 4 is 16.5 Å². The van der Waals surface area contributed by atoms with Crippen LogP contribution in [-0.4, -0.2) is 47.2 Å². The number of aliphatic hydroxyl groups excluding tert-OH is 1. The van der Waals surface area contributed by atoms with Gasteiger partial charge in [-0.15, -0.1) is 0 Å². The van der Waals surface area contributed by atoms with Gasteiger partial charge in [-0.25, -0.2) is 0 Å².